The topological polar surface area (TPSA) is 80.3 Å². The number of aromatic nitrogens is 1. The summed E-state index contributed by atoms with van der Waals surface area (Å²) >= 11 is 6.79. The van der Waals surface area contributed by atoms with Crippen LogP contribution in [0.5, 0.6) is 0 Å². The van der Waals surface area contributed by atoms with Crippen LogP contribution in [-0.2, 0) is 20.6 Å². The van der Waals surface area contributed by atoms with E-state index in [0.717, 1.165) is 43.0 Å². The molecule has 1 aromatic carbocycles. The van der Waals surface area contributed by atoms with Gasteiger partial charge in [0.15, 0.2) is 0 Å². The van der Waals surface area contributed by atoms with Crippen molar-refractivity contribution in [3.8, 4) is 0 Å². The third-order valence-electron chi connectivity index (χ3n) is 9.62. The number of aryl methyl sites for hydroxylation is 1. The first kappa shape index (κ1) is 31.3. The van der Waals surface area contributed by atoms with E-state index in [2.05, 4.69) is 21.4 Å². The van der Waals surface area contributed by atoms with E-state index in [1.807, 2.05) is 0 Å². The second kappa shape index (κ2) is 11.9. The number of nitrogens with zero attached hydrogens (tertiary/aromatic N) is 6. The van der Waals surface area contributed by atoms with Crippen LogP contribution >= 0.6 is 11.6 Å². The Kier molecular flexibility index (Phi) is 8.32. The minimum Gasteiger partial charge on any atom is -0.368 e. The van der Waals surface area contributed by atoms with Crippen molar-refractivity contribution in [1.82, 2.24) is 14.8 Å². The van der Waals surface area contributed by atoms with Gasteiger partial charge in [0.25, 0.3) is 0 Å². The molecule has 0 aliphatic carbocycles. The molecule has 3 fully saturated rings. The Morgan fingerprint density at radius 3 is 2.51 bits per heavy atom. The summed E-state index contributed by atoms with van der Waals surface area (Å²) in [4.78, 5) is 52.7. The first-order valence-electron chi connectivity index (χ1n) is 15.2. The number of alkyl halides is 3. The molecular weight excluding hydrogens is 609 g/mol. The number of benzene rings is 1. The Morgan fingerprint density at radius 2 is 1.84 bits per heavy atom. The Bertz CT molecular complexity index is 1520. The molecule has 3 amide bonds. The van der Waals surface area contributed by atoms with Crippen LogP contribution in [0.4, 0.5) is 30.4 Å². The van der Waals surface area contributed by atoms with Gasteiger partial charge < -0.3 is 14.7 Å². The number of carbonyl (C=O) groups is 3. The minimum atomic E-state index is -4.63. The van der Waals surface area contributed by atoms with Crippen LogP contribution in [0, 0.1) is 18.8 Å². The van der Waals surface area contributed by atoms with Gasteiger partial charge in [-0.1, -0.05) is 24.2 Å². The zero-order valence-electron chi connectivity index (χ0n) is 25.3. The van der Waals surface area contributed by atoms with Gasteiger partial charge in [0.05, 0.1) is 22.0 Å². The summed E-state index contributed by atoms with van der Waals surface area (Å²) in [5, 5.41) is 0.487. The number of likely N-dealkylation sites (N-methyl/N-ethyl adjacent to an activating group) is 1. The lowest BCUT2D eigenvalue weighted by Gasteiger charge is -2.48. The predicted octanol–water partition coefficient (Wildman–Crippen LogP) is 4.38. The fourth-order valence-electron chi connectivity index (χ4n) is 7.24. The molecule has 13 heteroatoms. The lowest BCUT2D eigenvalue weighted by Crippen LogP contribution is -2.62. The number of fused-ring (bicyclic) bond motifs is 2. The van der Waals surface area contributed by atoms with E-state index in [-0.39, 0.29) is 23.8 Å². The van der Waals surface area contributed by atoms with Gasteiger partial charge in [0.2, 0.25) is 17.7 Å². The lowest BCUT2D eigenvalue weighted by atomic mass is 9.91. The van der Waals surface area contributed by atoms with Crippen LogP contribution < -0.4 is 14.7 Å². The van der Waals surface area contributed by atoms with Crippen LogP contribution in [0.1, 0.15) is 30.5 Å². The highest BCUT2D eigenvalue weighted by atomic mass is 35.5. The molecule has 0 saturated carbocycles. The molecule has 45 heavy (non-hydrogen) atoms. The molecule has 6 rings (SSSR count). The Labute approximate surface area is 265 Å². The quantitative estimate of drug-likeness (QED) is 0.450. The monoisotopic (exact) mass is 644 g/mol. The van der Waals surface area contributed by atoms with Crippen molar-refractivity contribution in [3.05, 3.63) is 59.3 Å². The number of halogens is 4. The van der Waals surface area contributed by atoms with E-state index in [1.54, 1.807) is 30.1 Å². The molecule has 9 nitrogen and oxygen atoms in total. The molecule has 5 heterocycles. The highest BCUT2D eigenvalue weighted by Gasteiger charge is 2.49. The van der Waals surface area contributed by atoms with Gasteiger partial charge in [-0.25, -0.2) is 4.98 Å². The zero-order chi connectivity index (χ0) is 32.2. The average Bonchev–Trinajstić information content (AvgIpc) is 3.29. The molecule has 4 aliphatic heterocycles. The summed E-state index contributed by atoms with van der Waals surface area (Å²) in [5.41, 5.74) is 0.486. The SMILES string of the molecule is C=CC(=O)N1CC(N2CCC(CN3C[C@H]4CC(=O)N(c5cc(C(F)(F)F)cc(C)n5)[C@@H]4C(=O)N(C)c4cccc(Cl)c43)CC2)C1. The van der Waals surface area contributed by atoms with Gasteiger partial charge in [-0.3, -0.25) is 24.2 Å². The summed E-state index contributed by atoms with van der Waals surface area (Å²) in [5.74, 6) is -1.22. The van der Waals surface area contributed by atoms with Crippen molar-refractivity contribution < 1.29 is 27.6 Å². The van der Waals surface area contributed by atoms with Crippen LogP contribution in [0.15, 0.2) is 43.0 Å². The van der Waals surface area contributed by atoms with Crippen LogP contribution in [0.25, 0.3) is 0 Å². The normalized spacial score (nSPS) is 23.4. The van der Waals surface area contributed by atoms with Gasteiger partial charge in [-0.15, -0.1) is 0 Å². The van der Waals surface area contributed by atoms with Gasteiger partial charge in [-0.2, -0.15) is 13.2 Å². The number of carbonyl (C=O) groups excluding carboxylic acids is 3. The molecule has 2 aromatic rings. The third kappa shape index (κ3) is 5.90. The molecule has 0 radical (unpaired) electrons. The highest BCUT2D eigenvalue weighted by molar-refractivity contribution is 6.34. The van der Waals surface area contributed by atoms with Crippen molar-refractivity contribution in [1.29, 1.82) is 0 Å². The van der Waals surface area contributed by atoms with Gasteiger partial charge in [0.1, 0.15) is 11.9 Å². The molecule has 0 N–H and O–H groups in total. The number of pyridine rings is 1. The van der Waals surface area contributed by atoms with Gasteiger partial charge in [-0.05, 0) is 69.1 Å². The Balaban J connectivity index is 1.26. The van der Waals surface area contributed by atoms with E-state index >= 15 is 0 Å². The first-order chi connectivity index (χ1) is 21.3. The molecule has 240 valence electrons. The summed E-state index contributed by atoms with van der Waals surface area (Å²) in [7, 11) is 1.61. The van der Waals surface area contributed by atoms with E-state index in [0.29, 0.717) is 54.5 Å². The maximum absolute atomic E-state index is 14.0. The second-order valence-corrected chi connectivity index (χ2v) is 12.9. The molecule has 4 aliphatic rings. The second-order valence-electron chi connectivity index (χ2n) is 12.5. The van der Waals surface area contributed by atoms with Crippen molar-refractivity contribution in [3.63, 3.8) is 0 Å². The van der Waals surface area contributed by atoms with Crippen LogP contribution in [-0.4, -0.2) is 90.9 Å². The lowest BCUT2D eigenvalue weighted by molar-refractivity contribution is -0.137. The zero-order valence-corrected chi connectivity index (χ0v) is 26.0. The Hall–Kier alpha value is -3.64. The maximum atomic E-state index is 14.0. The standard InChI is InChI=1S/C32H36ClF3N6O3/c1-4-27(43)40-17-23(18-40)39-10-8-20(9-11-39)15-41-16-21-13-28(44)42(26-14-22(32(34,35)36)12-19(2)37-26)29(21)31(45)38(3)25-7-5-6-24(33)30(25)41/h4-7,12,14,20-21,23,29H,1,8-11,13,15-18H2,2-3H3/t21-,29+/m1/s1. The minimum absolute atomic E-state index is 0.00242. The number of amides is 3. The fraction of sp³-hybridized carbons (Fsp3) is 0.500. The van der Waals surface area contributed by atoms with Crippen molar-refractivity contribution in [2.45, 2.75) is 44.4 Å². The number of anilines is 3. The maximum Gasteiger partial charge on any atom is 0.416 e. The van der Waals surface area contributed by atoms with E-state index in [9.17, 15) is 27.6 Å². The smallest absolute Gasteiger partial charge is 0.368 e. The van der Waals surface area contributed by atoms with Crippen molar-refractivity contribution in [2.75, 3.05) is 61.0 Å². The molecule has 0 spiro atoms. The van der Waals surface area contributed by atoms with E-state index in [4.69, 9.17) is 11.6 Å². The molecule has 3 saturated heterocycles. The summed E-state index contributed by atoms with van der Waals surface area (Å²) in [6, 6.07) is 6.45. The van der Waals surface area contributed by atoms with Crippen LogP contribution in [0.3, 0.4) is 0 Å². The molecular formula is C32H36ClF3N6O3. The molecule has 0 bridgehead atoms. The summed E-state index contributed by atoms with van der Waals surface area (Å²) in [6.45, 7) is 9.19. The summed E-state index contributed by atoms with van der Waals surface area (Å²) < 4.78 is 41.1. The first-order valence-corrected chi connectivity index (χ1v) is 15.6. The van der Waals surface area contributed by atoms with Crippen molar-refractivity contribution in [2.24, 2.45) is 11.8 Å². The summed E-state index contributed by atoms with van der Waals surface area (Å²) in [6.07, 6.45) is -1.42. The highest BCUT2D eigenvalue weighted by Crippen LogP contribution is 2.43. The predicted molar refractivity (Wildman–Crippen MR) is 165 cm³/mol. The number of para-hydroxylation sites is 1. The fourth-order valence-corrected chi connectivity index (χ4v) is 7.53. The molecule has 0 unspecified atom stereocenters. The van der Waals surface area contributed by atoms with Gasteiger partial charge in [0, 0.05) is 57.3 Å². The number of hydrogen-bond donors (Lipinski definition) is 0. The van der Waals surface area contributed by atoms with Crippen molar-refractivity contribution >= 4 is 46.5 Å². The average molecular weight is 645 g/mol. The van der Waals surface area contributed by atoms with E-state index < -0.39 is 35.5 Å². The van der Waals surface area contributed by atoms with Gasteiger partial charge >= 0.3 is 6.18 Å². The van der Waals surface area contributed by atoms with Crippen LogP contribution in [0.2, 0.25) is 5.02 Å². The number of likely N-dealkylation sites (tertiary alicyclic amines) is 2. The number of piperidine rings is 1. The number of rotatable bonds is 5. The van der Waals surface area contributed by atoms with E-state index in [1.165, 1.54) is 17.9 Å². The Morgan fingerprint density at radius 1 is 1.13 bits per heavy atom. The third-order valence-corrected chi connectivity index (χ3v) is 9.92. The molecule has 2 atom stereocenters. The number of hydrogen-bond acceptors (Lipinski definition) is 6. The largest absolute Gasteiger partial charge is 0.416 e. The molecule has 1 aromatic heterocycles.